The highest BCUT2D eigenvalue weighted by molar-refractivity contribution is 6.21. The fraction of sp³-hybridized carbons (Fsp3) is 0. The third kappa shape index (κ3) is 4.57. The van der Waals surface area contributed by atoms with Crippen molar-refractivity contribution in [1.29, 1.82) is 0 Å². The lowest BCUT2D eigenvalue weighted by Gasteiger charge is -2.11. The van der Waals surface area contributed by atoms with Gasteiger partial charge < -0.3 is 4.42 Å². The minimum Gasteiger partial charge on any atom is -0.455 e. The van der Waals surface area contributed by atoms with Crippen LogP contribution in [0.1, 0.15) is 0 Å². The third-order valence-corrected chi connectivity index (χ3v) is 9.49. The van der Waals surface area contributed by atoms with Crippen molar-refractivity contribution in [2.75, 3.05) is 0 Å². The lowest BCUT2D eigenvalue weighted by Crippen LogP contribution is -2.00. The Morgan fingerprint density at radius 2 is 0.857 bits per heavy atom. The first-order valence-corrected chi connectivity index (χ1v) is 16.4. The van der Waals surface area contributed by atoms with Crippen LogP contribution in [-0.2, 0) is 0 Å². The van der Waals surface area contributed by atoms with Crippen LogP contribution in [0.2, 0.25) is 0 Å². The molecule has 228 valence electrons. The molecule has 0 fully saturated rings. The predicted molar refractivity (Wildman–Crippen MR) is 201 cm³/mol. The molecule has 0 saturated heterocycles. The fourth-order valence-corrected chi connectivity index (χ4v) is 7.05. The highest BCUT2D eigenvalue weighted by Gasteiger charge is 2.22. The monoisotopic (exact) mass is 625 g/mol. The Morgan fingerprint density at radius 1 is 0.327 bits per heavy atom. The molecule has 0 aliphatic carbocycles. The van der Waals surface area contributed by atoms with Gasteiger partial charge in [0.05, 0.1) is 0 Å². The van der Waals surface area contributed by atoms with Crippen LogP contribution in [-0.4, -0.2) is 15.0 Å². The number of furan rings is 1. The molecule has 0 unspecified atom stereocenters. The molecule has 8 aromatic carbocycles. The standard InChI is InChI=1S/C45H27N3O/c1-2-12-30(13-3-1)37-24-25-39(40-38-23-22-31-14-8-9-17-36(31)41(38)49-42(37)40)45-47-43(34-20-18-28-10-4-6-15-32(28)26-34)46-44(48-45)35-21-19-29-11-5-7-16-33(29)27-35/h1-27H. The molecule has 4 nitrogen and oxygen atoms in total. The molecule has 0 aliphatic rings. The van der Waals surface area contributed by atoms with Gasteiger partial charge in [0.25, 0.3) is 0 Å². The zero-order valence-electron chi connectivity index (χ0n) is 26.3. The van der Waals surface area contributed by atoms with Gasteiger partial charge in [0.1, 0.15) is 11.2 Å². The molecule has 0 aliphatic heterocycles. The van der Waals surface area contributed by atoms with Crippen molar-refractivity contribution < 1.29 is 4.42 Å². The molecule has 10 rings (SSSR count). The molecule has 0 amide bonds. The number of benzene rings is 8. The summed E-state index contributed by atoms with van der Waals surface area (Å²) in [7, 11) is 0. The van der Waals surface area contributed by atoms with Crippen LogP contribution < -0.4 is 0 Å². The zero-order valence-corrected chi connectivity index (χ0v) is 26.3. The van der Waals surface area contributed by atoms with Crippen molar-refractivity contribution in [3.63, 3.8) is 0 Å². The van der Waals surface area contributed by atoms with Crippen LogP contribution in [0.4, 0.5) is 0 Å². The lowest BCUT2D eigenvalue weighted by molar-refractivity contribution is 0.674. The van der Waals surface area contributed by atoms with Crippen molar-refractivity contribution >= 4 is 54.3 Å². The molecule has 2 aromatic heterocycles. The van der Waals surface area contributed by atoms with E-state index >= 15 is 0 Å². The average Bonchev–Trinajstić information content (AvgIpc) is 3.58. The van der Waals surface area contributed by atoms with E-state index in [2.05, 4.69) is 158 Å². The molecule has 4 heteroatoms. The molecule has 49 heavy (non-hydrogen) atoms. The first-order valence-electron chi connectivity index (χ1n) is 16.4. The topological polar surface area (TPSA) is 51.8 Å². The van der Waals surface area contributed by atoms with Gasteiger partial charge >= 0.3 is 0 Å². The number of nitrogens with zero attached hydrogens (tertiary/aromatic N) is 3. The van der Waals surface area contributed by atoms with E-state index in [1.165, 1.54) is 10.8 Å². The van der Waals surface area contributed by atoms with Gasteiger partial charge in [0, 0.05) is 38.4 Å². The smallest absolute Gasteiger partial charge is 0.164 e. The molecular formula is C45H27N3O. The Kier molecular flexibility index (Phi) is 6.15. The Morgan fingerprint density at radius 3 is 1.53 bits per heavy atom. The Hall–Kier alpha value is -6.65. The van der Waals surface area contributed by atoms with Crippen molar-refractivity contribution in [3.8, 4) is 45.3 Å². The summed E-state index contributed by atoms with van der Waals surface area (Å²) in [4.78, 5) is 15.5. The minimum absolute atomic E-state index is 0.599. The molecule has 10 aromatic rings. The van der Waals surface area contributed by atoms with Crippen LogP contribution in [0.3, 0.4) is 0 Å². The van der Waals surface area contributed by atoms with Gasteiger partial charge in [-0.25, -0.2) is 15.0 Å². The highest BCUT2D eigenvalue weighted by Crippen LogP contribution is 2.43. The fourth-order valence-electron chi connectivity index (χ4n) is 7.05. The number of rotatable bonds is 4. The first kappa shape index (κ1) is 27.5. The maximum absolute atomic E-state index is 6.87. The molecule has 0 spiro atoms. The van der Waals surface area contributed by atoms with Crippen molar-refractivity contribution in [1.82, 2.24) is 15.0 Å². The summed E-state index contributed by atoms with van der Waals surface area (Å²) in [6.07, 6.45) is 0. The second-order valence-corrected chi connectivity index (χ2v) is 12.4. The van der Waals surface area contributed by atoms with Crippen LogP contribution in [0, 0.1) is 0 Å². The zero-order chi connectivity index (χ0) is 32.3. The average molecular weight is 626 g/mol. The minimum atomic E-state index is 0.599. The molecule has 0 atom stereocenters. The molecule has 0 bridgehead atoms. The summed E-state index contributed by atoms with van der Waals surface area (Å²) in [6.45, 7) is 0. The van der Waals surface area contributed by atoms with Crippen molar-refractivity contribution in [3.05, 3.63) is 164 Å². The van der Waals surface area contributed by atoms with Crippen LogP contribution >= 0.6 is 0 Å². The summed E-state index contributed by atoms with van der Waals surface area (Å²) in [6, 6.07) is 56.9. The van der Waals surface area contributed by atoms with Crippen LogP contribution in [0.5, 0.6) is 0 Å². The third-order valence-electron chi connectivity index (χ3n) is 9.49. The maximum Gasteiger partial charge on any atom is 0.164 e. The van der Waals surface area contributed by atoms with E-state index in [1.807, 2.05) is 6.07 Å². The normalized spacial score (nSPS) is 11.7. The summed E-state index contributed by atoms with van der Waals surface area (Å²) < 4.78 is 6.87. The van der Waals surface area contributed by atoms with Gasteiger partial charge in [0.2, 0.25) is 0 Å². The number of hydrogen-bond donors (Lipinski definition) is 0. The van der Waals surface area contributed by atoms with E-state index < -0.39 is 0 Å². The Bertz CT molecular complexity index is 2790. The van der Waals surface area contributed by atoms with Crippen molar-refractivity contribution in [2.45, 2.75) is 0 Å². The molecular weight excluding hydrogens is 599 g/mol. The van der Waals surface area contributed by atoms with Gasteiger partial charge in [0.15, 0.2) is 17.5 Å². The van der Waals surface area contributed by atoms with E-state index in [0.717, 1.165) is 71.3 Å². The van der Waals surface area contributed by atoms with Gasteiger partial charge in [-0.1, -0.05) is 133 Å². The van der Waals surface area contributed by atoms with E-state index in [-0.39, 0.29) is 0 Å². The molecule has 0 radical (unpaired) electrons. The number of aromatic nitrogens is 3. The number of fused-ring (bicyclic) bond motifs is 7. The summed E-state index contributed by atoms with van der Waals surface area (Å²) in [5.74, 6) is 1.84. The van der Waals surface area contributed by atoms with E-state index in [4.69, 9.17) is 19.4 Å². The Balaban J connectivity index is 1.28. The first-order chi connectivity index (χ1) is 24.3. The van der Waals surface area contributed by atoms with Crippen LogP contribution in [0.15, 0.2) is 168 Å². The number of hydrogen-bond acceptors (Lipinski definition) is 4. The van der Waals surface area contributed by atoms with Gasteiger partial charge in [-0.3, -0.25) is 0 Å². The van der Waals surface area contributed by atoms with Gasteiger partial charge in [-0.15, -0.1) is 0 Å². The SMILES string of the molecule is c1ccc(-c2ccc(-c3nc(-c4ccc5ccccc5c4)nc(-c4ccc5ccccc5c4)n3)c3c2oc2c4ccccc4ccc23)cc1. The molecule has 2 heterocycles. The van der Waals surface area contributed by atoms with Gasteiger partial charge in [-0.05, 0) is 62.8 Å². The maximum atomic E-state index is 6.87. The second-order valence-electron chi connectivity index (χ2n) is 12.4. The lowest BCUT2D eigenvalue weighted by atomic mass is 9.97. The highest BCUT2D eigenvalue weighted by atomic mass is 16.3. The van der Waals surface area contributed by atoms with Gasteiger partial charge in [-0.2, -0.15) is 0 Å². The Labute approximate surface area is 282 Å². The molecule has 0 N–H and O–H groups in total. The predicted octanol–water partition coefficient (Wildman–Crippen LogP) is 11.9. The molecule has 0 saturated carbocycles. The van der Waals surface area contributed by atoms with E-state index in [0.29, 0.717) is 17.5 Å². The quantitative estimate of drug-likeness (QED) is 0.195. The van der Waals surface area contributed by atoms with E-state index in [1.54, 1.807) is 0 Å². The van der Waals surface area contributed by atoms with Crippen LogP contribution in [0.25, 0.3) is 99.5 Å². The summed E-state index contributed by atoms with van der Waals surface area (Å²) in [5.41, 5.74) is 6.56. The summed E-state index contributed by atoms with van der Waals surface area (Å²) >= 11 is 0. The summed E-state index contributed by atoms with van der Waals surface area (Å²) in [5, 5.41) is 8.84. The second kappa shape index (κ2) is 11.0. The van der Waals surface area contributed by atoms with E-state index in [9.17, 15) is 0 Å². The largest absolute Gasteiger partial charge is 0.455 e. The van der Waals surface area contributed by atoms with Crippen molar-refractivity contribution in [2.24, 2.45) is 0 Å².